The van der Waals surface area contributed by atoms with Gasteiger partial charge in [-0.15, -0.1) is 0 Å². The lowest BCUT2D eigenvalue weighted by Gasteiger charge is -2.41. The first-order chi connectivity index (χ1) is 9.61. The quantitative estimate of drug-likeness (QED) is 0.785. The molecule has 0 aromatic heterocycles. The fourth-order valence-corrected chi connectivity index (χ4v) is 4.10. The molecular formula is C16H20ClNO2. The number of carbonyl (C=O) groups excluding carboxylic acids is 1. The third-order valence-electron chi connectivity index (χ3n) is 5.04. The van der Waals surface area contributed by atoms with Gasteiger partial charge in [0.1, 0.15) is 0 Å². The molecule has 108 valence electrons. The minimum atomic E-state index is -0.0813. The van der Waals surface area contributed by atoms with Gasteiger partial charge in [0.15, 0.2) is 0 Å². The van der Waals surface area contributed by atoms with Crippen molar-refractivity contribution in [3.63, 3.8) is 0 Å². The molecule has 2 aliphatic rings. The lowest BCUT2D eigenvalue weighted by atomic mass is 9.76. The number of rotatable bonds is 2. The number of methoxy groups -OCH3 is 1. The summed E-state index contributed by atoms with van der Waals surface area (Å²) in [5.74, 6) is 0.0977. The van der Waals surface area contributed by atoms with Gasteiger partial charge in [0, 0.05) is 23.0 Å². The maximum Gasteiger partial charge on any atom is 0.310 e. The molecule has 2 saturated heterocycles. The molecular weight excluding hydrogens is 274 g/mol. The summed E-state index contributed by atoms with van der Waals surface area (Å²) >= 11 is 5.97. The number of benzene rings is 1. The molecule has 0 amide bonds. The van der Waals surface area contributed by atoms with Crippen LogP contribution in [0.2, 0.25) is 5.02 Å². The first-order valence-electron chi connectivity index (χ1n) is 7.17. The highest BCUT2D eigenvalue weighted by Crippen LogP contribution is 2.46. The Morgan fingerprint density at radius 1 is 1.30 bits per heavy atom. The Hall–Kier alpha value is -1.06. The number of fused-ring (bicyclic) bond motifs is 2. The molecule has 2 bridgehead atoms. The van der Waals surface area contributed by atoms with Gasteiger partial charge in [-0.25, -0.2) is 0 Å². The summed E-state index contributed by atoms with van der Waals surface area (Å²) in [6.07, 6.45) is 3.29. The number of carbonyl (C=O) groups is 1. The Bertz CT molecular complexity index is 502. The highest BCUT2D eigenvalue weighted by atomic mass is 35.5. The van der Waals surface area contributed by atoms with Crippen molar-refractivity contribution in [1.82, 2.24) is 4.90 Å². The zero-order chi connectivity index (χ0) is 14.3. The van der Waals surface area contributed by atoms with Crippen molar-refractivity contribution < 1.29 is 9.53 Å². The summed E-state index contributed by atoms with van der Waals surface area (Å²) in [7, 11) is 3.62. The van der Waals surface area contributed by atoms with E-state index < -0.39 is 0 Å². The fraction of sp³-hybridized carbons (Fsp3) is 0.562. The fourth-order valence-electron chi connectivity index (χ4n) is 3.98. The van der Waals surface area contributed by atoms with E-state index in [1.807, 2.05) is 24.3 Å². The molecule has 20 heavy (non-hydrogen) atoms. The highest BCUT2D eigenvalue weighted by Gasteiger charge is 2.49. The smallest absolute Gasteiger partial charge is 0.310 e. The molecule has 0 spiro atoms. The standard InChI is InChI=1S/C16H20ClNO2/c1-18-12-7-8-14(18)15(16(19)20-2)13(9-12)10-3-5-11(17)6-4-10/h3-6,12-15H,7-9H2,1-2H3/t12?,13?,14?,15-/m1/s1. The van der Waals surface area contributed by atoms with E-state index in [0.717, 1.165) is 17.9 Å². The Labute approximate surface area is 124 Å². The van der Waals surface area contributed by atoms with Crippen molar-refractivity contribution in [1.29, 1.82) is 0 Å². The second kappa shape index (κ2) is 5.38. The van der Waals surface area contributed by atoms with Crippen LogP contribution >= 0.6 is 11.6 Å². The third kappa shape index (κ3) is 2.23. The van der Waals surface area contributed by atoms with Gasteiger partial charge in [0.2, 0.25) is 0 Å². The van der Waals surface area contributed by atoms with Gasteiger partial charge in [-0.2, -0.15) is 0 Å². The largest absolute Gasteiger partial charge is 0.469 e. The molecule has 0 radical (unpaired) electrons. The van der Waals surface area contributed by atoms with Crippen LogP contribution in [0.3, 0.4) is 0 Å². The van der Waals surface area contributed by atoms with Gasteiger partial charge >= 0.3 is 5.97 Å². The zero-order valence-corrected chi connectivity index (χ0v) is 12.6. The molecule has 2 fully saturated rings. The molecule has 0 saturated carbocycles. The Balaban J connectivity index is 1.95. The van der Waals surface area contributed by atoms with E-state index in [2.05, 4.69) is 11.9 Å². The number of halogens is 1. The number of ether oxygens (including phenoxy) is 1. The van der Waals surface area contributed by atoms with Gasteiger partial charge in [0.05, 0.1) is 13.0 Å². The molecule has 1 aromatic carbocycles. The molecule has 2 heterocycles. The summed E-state index contributed by atoms with van der Waals surface area (Å²) in [4.78, 5) is 14.6. The van der Waals surface area contributed by atoms with Crippen LogP contribution in [0.4, 0.5) is 0 Å². The van der Waals surface area contributed by atoms with Gasteiger partial charge in [0.25, 0.3) is 0 Å². The number of esters is 1. The van der Waals surface area contributed by atoms with Crippen LogP contribution in [0.1, 0.15) is 30.7 Å². The van der Waals surface area contributed by atoms with Gasteiger partial charge in [-0.1, -0.05) is 23.7 Å². The summed E-state index contributed by atoms with van der Waals surface area (Å²) in [6.45, 7) is 0. The topological polar surface area (TPSA) is 29.5 Å². The van der Waals surface area contributed by atoms with Crippen molar-refractivity contribution in [3.05, 3.63) is 34.9 Å². The summed E-state index contributed by atoms with van der Waals surface area (Å²) in [5.41, 5.74) is 1.20. The SMILES string of the molecule is COC(=O)[C@@H]1C(c2ccc(Cl)cc2)CC2CCC1N2C. The normalized spacial score (nSPS) is 33.1. The van der Waals surface area contributed by atoms with E-state index in [9.17, 15) is 4.79 Å². The predicted molar refractivity (Wildman–Crippen MR) is 78.9 cm³/mol. The van der Waals surface area contributed by atoms with Crippen LogP contribution in [0.25, 0.3) is 0 Å². The summed E-state index contributed by atoms with van der Waals surface area (Å²) in [5, 5.41) is 0.735. The number of piperidine rings is 1. The predicted octanol–water partition coefficient (Wildman–Crippen LogP) is 3.08. The first kappa shape index (κ1) is 13.9. The Morgan fingerprint density at radius 2 is 2.00 bits per heavy atom. The minimum absolute atomic E-state index is 0.0649. The van der Waals surface area contributed by atoms with Crippen molar-refractivity contribution in [2.24, 2.45) is 5.92 Å². The van der Waals surface area contributed by atoms with E-state index in [4.69, 9.17) is 16.3 Å². The van der Waals surface area contributed by atoms with E-state index in [1.165, 1.54) is 19.1 Å². The van der Waals surface area contributed by atoms with Gasteiger partial charge in [-0.3, -0.25) is 9.69 Å². The van der Waals surface area contributed by atoms with E-state index in [-0.39, 0.29) is 17.8 Å². The molecule has 3 rings (SSSR count). The molecule has 0 N–H and O–H groups in total. The van der Waals surface area contributed by atoms with Crippen LogP contribution in [0.5, 0.6) is 0 Å². The highest BCUT2D eigenvalue weighted by molar-refractivity contribution is 6.30. The first-order valence-corrected chi connectivity index (χ1v) is 7.55. The van der Waals surface area contributed by atoms with Crippen molar-refractivity contribution in [2.75, 3.05) is 14.2 Å². The lowest BCUT2D eigenvalue weighted by Crippen LogP contribution is -2.49. The second-order valence-electron chi connectivity index (χ2n) is 5.91. The van der Waals surface area contributed by atoms with Crippen molar-refractivity contribution >= 4 is 17.6 Å². The minimum Gasteiger partial charge on any atom is -0.469 e. The Morgan fingerprint density at radius 3 is 2.65 bits per heavy atom. The molecule has 0 aliphatic carbocycles. The molecule has 3 nitrogen and oxygen atoms in total. The number of nitrogens with zero attached hydrogens (tertiary/aromatic N) is 1. The van der Waals surface area contributed by atoms with E-state index in [0.29, 0.717) is 12.1 Å². The van der Waals surface area contributed by atoms with Gasteiger partial charge in [-0.05, 0) is 44.0 Å². The maximum atomic E-state index is 12.3. The average Bonchev–Trinajstić information content (AvgIpc) is 2.70. The van der Waals surface area contributed by atoms with E-state index in [1.54, 1.807) is 0 Å². The van der Waals surface area contributed by atoms with Crippen LogP contribution < -0.4 is 0 Å². The Kier molecular flexibility index (Phi) is 3.74. The van der Waals surface area contributed by atoms with Crippen molar-refractivity contribution in [3.8, 4) is 0 Å². The second-order valence-corrected chi connectivity index (χ2v) is 6.34. The molecule has 4 heteroatoms. The molecule has 4 atom stereocenters. The zero-order valence-electron chi connectivity index (χ0n) is 11.9. The number of hydrogen-bond acceptors (Lipinski definition) is 3. The summed E-state index contributed by atoms with van der Waals surface area (Å²) in [6, 6.07) is 8.81. The average molecular weight is 294 g/mol. The molecule has 3 unspecified atom stereocenters. The van der Waals surface area contributed by atoms with Gasteiger partial charge < -0.3 is 4.74 Å². The monoisotopic (exact) mass is 293 g/mol. The van der Waals surface area contributed by atoms with Crippen LogP contribution in [-0.4, -0.2) is 37.1 Å². The summed E-state index contributed by atoms with van der Waals surface area (Å²) < 4.78 is 5.07. The van der Waals surface area contributed by atoms with E-state index >= 15 is 0 Å². The van der Waals surface area contributed by atoms with Crippen molar-refractivity contribution in [2.45, 2.75) is 37.3 Å². The van der Waals surface area contributed by atoms with Crippen LogP contribution in [0, 0.1) is 5.92 Å². The van der Waals surface area contributed by atoms with Crippen LogP contribution in [-0.2, 0) is 9.53 Å². The maximum absolute atomic E-state index is 12.3. The number of hydrogen-bond donors (Lipinski definition) is 0. The lowest BCUT2D eigenvalue weighted by molar-refractivity contribution is -0.150. The molecule has 1 aromatic rings. The van der Waals surface area contributed by atoms with Crippen LogP contribution in [0.15, 0.2) is 24.3 Å². The molecule has 2 aliphatic heterocycles. The third-order valence-corrected chi connectivity index (χ3v) is 5.29.